The van der Waals surface area contributed by atoms with E-state index >= 15 is 0 Å². The number of amides is 1. The number of nitrogens with two attached hydrogens (primary N) is 1. The van der Waals surface area contributed by atoms with Crippen molar-refractivity contribution >= 4 is 39.9 Å². The first kappa shape index (κ1) is 10.5. The van der Waals surface area contributed by atoms with Crippen LogP contribution < -0.4 is 16.4 Å². The summed E-state index contributed by atoms with van der Waals surface area (Å²) in [7, 11) is 0. The number of hydrogen-bond acceptors (Lipinski definition) is 3. The summed E-state index contributed by atoms with van der Waals surface area (Å²) in [6, 6.07) is 6.00. The summed E-state index contributed by atoms with van der Waals surface area (Å²) in [5, 5.41) is 6.03. The Morgan fingerprint density at radius 2 is 2.33 bits per heavy atom. The maximum absolute atomic E-state index is 11.0. The quantitative estimate of drug-likeness (QED) is 0.567. The van der Waals surface area contributed by atoms with Crippen molar-refractivity contribution in [2.75, 3.05) is 17.6 Å². The summed E-state index contributed by atoms with van der Waals surface area (Å²) < 4.78 is 1.11. The minimum atomic E-state index is 0.0941. The Morgan fingerprint density at radius 1 is 1.53 bits per heavy atom. The van der Waals surface area contributed by atoms with Gasteiger partial charge in [-0.3, -0.25) is 4.79 Å². The van der Waals surface area contributed by atoms with E-state index in [9.17, 15) is 4.79 Å². The number of hydrogen-bond donors (Lipinski definition) is 3. The van der Waals surface area contributed by atoms with Gasteiger partial charge in [0.05, 0.1) is 17.4 Å². The van der Waals surface area contributed by atoms with E-state index in [0.29, 0.717) is 13.0 Å². The zero-order valence-corrected chi connectivity index (χ0v) is 10.2. The van der Waals surface area contributed by atoms with Crippen LogP contribution in [0.15, 0.2) is 18.2 Å². The molecule has 1 unspecified atom stereocenters. The largest absolute Gasteiger partial charge is 0.397 e. The molecule has 1 amide bonds. The summed E-state index contributed by atoms with van der Waals surface area (Å²) in [6.45, 7) is 0.671. The number of benzene rings is 1. The predicted molar refractivity (Wildman–Crippen MR) is 68.6 cm³/mol. The van der Waals surface area contributed by atoms with E-state index in [1.807, 2.05) is 18.2 Å². The van der Waals surface area contributed by atoms with Crippen molar-refractivity contribution in [1.82, 2.24) is 5.32 Å². The van der Waals surface area contributed by atoms with Crippen molar-refractivity contribution in [1.29, 1.82) is 0 Å². The lowest BCUT2D eigenvalue weighted by Crippen LogP contribution is -2.22. The van der Waals surface area contributed by atoms with Crippen molar-refractivity contribution in [2.24, 2.45) is 0 Å². The van der Waals surface area contributed by atoms with Gasteiger partial charge in [-0.1, -0.05) is 0 Å². The maximum atomic E-state index is 11.0. The molecule has 1 aromatic carbocycles. The molecule has 1 fully saturated rings. The van der Waals surface area contributed by atoms with Gasteiger partial charge in [-0.25, -0.2) is 0 Å². The second kappa shape index (κ2) is 4.26. The third-order valence-electron chi connectivity index (χ3n) is 2.35. The van der Waals surface area contributed by atoms with E-state index in [1.54, 1.807) is 0 Å². The first-order valence-electron chi connectivity index (χ1n) is 4.73. The van der Waals surface area contributed by atoms with Crippen LogP contribution in [-0.4, -0.2) is 18.5 Å². The van der Waals surface area contributed by atoms with Crippen LogP contribution in [0.25, 0.3) is 0 Å². The molecule has 0 aromatic heterocycles. The SMILES string of the molecule is Nc1cc(I)ccc1NC1CNC(=O)C1. The maximum Gasteiger partial charge on any atom is 0.222 e. The molecule has 0 aliphatic carbocycles. The Morgan fingerprint density at radius 3 is 2.93 bits per heavy atom. The van der Waals surface area contributed by atoms with Crippen LogP contribution in [0.1, 0.15) is 6.42 Å². The molecule has 5 heteroatoms. The van der Waals surface area contributed by atoms with Gasteiger partial charge >= 0.3 is 0 Å². The fourth-order valence-electron chi connectivity index (χ4n) is 1.59. The molecule has 1 saturated heterocycles. The lowest BCUT2D eigenvalue weighted by atomic mass is 10.2. The van der Waals surface area contributed by atoms with Crippen molar-refractivity contribution < 1.29 is 4.79 Å². The minimum Gasteiger partial charge on any atom is -0.397 e. The van der Waals surface area contributed by atoms with E-state index in [2.05, 4.69) is 33.2 Å². The normalized spacial score (nSPS) is 20.1. The number of halogens is 1. The van der Waals surface area contributed by atoms with Crippen LogP contribution in [0.2, 0.25) is 0 Å². The first-order chi connectivity index (χ1) is 7.15. The molecule has 1 aromatic rings. The summed E-state index contributed by atoms with van der Waals surface area (Å²) in [5.74, 6) is 0.0941. The zero-order valence-electron chi connectivity index (χ0n) is 8.09. The van der Waals surface area contributed by atoms with Gasteiger partial charge in [0.2, 0.25) is 5.91 Å². The fraction of sp³-hybridized carbons (Fsp3) is 0.300. The Kier molecular flexibility index (Phi) is 2.99. The first-order valence-corrected chi connectivity index (χ1v) is 5.81. The van der Waals surface area contributed by atoms with Crippen molar-refractivity contribution in [2.45, 2.75) is 12.5 Å². The standard InChI is InChI=1S/C10H12IN3O/c11-6-1-2-9(8(12)3-6)14-7-4-10(15)13-5-7/h1-3,7,14H,4-5,12H2,(H,13,15). The number of nitrogen functional groups attached to an aromatic ring is 1. The highest BCUT2D eigenvalue weighted by molar-refractivity contribution is 14.1. The average Bonchev–Trinajstić information content (AvgIpc) is 2.56. The van der Waals surface area contributed by atoms with Gasteiger partial charge in [-0.2, -0.15) is 0 Å². The van der Waals surface area contributed by atoms with Gasteiger partial charge < -0.3 is 16.4 Å². The summed E-state index contributed by atoms with van der Waals surface area (Å²) in [5.41, 5.74) is 7.48. The summed E-state index contributed by atoms with van der Waals surface area (Å²) >= 11 is 2.22. The van der Waals surface area contributed by atoms with E-state index in [4.69, 9.17) is 5.73 Å². The molecule has 2 rings (SSSR count). The lowest BCUT2D eigenvalue weighted by molar-refractivity contribution is -0.119. The van der Waals surface area contributed by atoms with Crippen LogP contribution in [0, 0.1) is 3.57 Å². The third-order valence-corrected chi connectivity index (χ3v) is 3.02. The van der Waals surface area contributed by atoms with E-state index in [1.165, 1.54) is 0 Å². The second-order valence-electron chi connectivity index (χ2n) is 3.58. The molecule has 1 atom stereocenters. The third kappa shape index (κ3) is 2.53. The summed E-state index contributed by atoms with van der Waals surface area (Å²) in [6.07, 6.45) is 0.519. The van der Waals surface area contributed by atoms with E-state index in [0.717, 1.165) is 14.9 Å². The Bertz CT molecular complexity index is 394. The summed E-state index contributed by atoms with van der Waals surface area (Å²) in [4.78, 5) is 11.0. The molecule has 0 spiro atoms. The minimum absolute atomic E-state index is 0.0941. The van der Waals surface area contributed by atoms with Crippen molar-refractivity contribution in [3.63, 3.8) is 0 Å². The van der Waals surface area contributed by atoms with E-state index < -0.39 is 0 Å². The molecule has 1 heterocycles. The van der Waals surface area contributed by atoms with Crippen molar-refractivity contribution in [3.05, 3.63) is 21.8 Å². The molecule has 4 nitrogen and oxygen atoms in total. The molecule has 0 bridgehead atoms. The second-order valence-corrected chi connectivity index (χ2v) is 4.83. The molecule has 80 valence electrons. The van der Waals surface area contributed by atoms with Gasteiger partial charge in [0.1, 0.15) is 0 Å². The Balaban J connectivity index is 2.07. The van der Waals surface area contributed by atoms with Gasteiger partial charge in [0.25, 0.3) is 0 Å². The number of carbonyl (C=O) groups excluding carboxylic acids is 1. The van der Waals surface area contributed by atoms with Crippen LogP contribution in [0.3, 0.4) is 0 Å². The molecule has 0 radical (unpaired) electrons. The fourth-order valence-corrected chi connectivity index (χ4v) is 2.11. The number of nitrogens with one attached hydrogen (secondary N) is 2. The molecule has 1 aliphatic rings. The van der Waals surface area contributed by atoms with E-state index in [-0.39, 0.29) is 11.9 Å². The highest BCUT2D eigenvalue weighted by Crippen LogP contribution is 2.22. The molecular weight excluding hydrogens is 305 g/mol. The number of rotatable bonds is 2. The van der Waals surface area contributed by atoms with Crippen LogP contribution in [-0.2, 0) is 4.79 Å². The zero-order chi connectivity index (χ0) is 10.8. The molecule has 1 aliphatic heterocycles. The number of anilines is 2. The van der Waals surface area contributed by atoms with Gasteiger partial charge in [0, 0.05) is 16.5 Å². The lowest BCUT2D eigenvalue weighted by Gasteiger charge is -2.14. The average molecular weight is 317 g/mol. The van der Waals surface area contributed by atoms with Crippen LogP contribution in [0.4, 0.5) is 11.4 Å². The highest BCUT2D eigenvalue weighted by atomic mass is 127. The Labute approximate surface area is 102 Å². The smallest absolute Gasteiger partial charge is 0.222 e. The van der Waals surface area contributed by atoms with Crippen molar-refractivity contribution in [3.8, 4) is 0 Å². The van der Waals surface area contributed by atoms with Crippen LogP contribution >= 0.6 is 22.6 Å². The Hall–Kier alpha value is -0.980. The van der Waals surface area contributed by atoms with Gasteiger partial charge in [-0.05, 0) is 40.8 Å². The topological polar surface area (TPSA) is 67.2 Å². The number of carbonyl (C=O) groups is 1. The molecule has 4 N–H and O–H groups in total. The molecule has 15 heavy (non-hydrogen) atoms. The highest BCUT2D eigenvalue weighted by Gasteiger charge is 2.21. The molecule has 0 saturated carbocycles. The van der Waals surface area contributed by atoms with Gasteiger partial charge in [-0.15, -0.1) is 0 Å². The van der Waals surface area contributed by atoms with Gasteiger partial charge in [0.15, 0.2) is 0 Å². The monoisotopic (exact) mass is 317 g/mol. The van der Waals surface area contributed by atoms with Crippen LogP contribution in [0.5, 0.6) is 0 Å². The predicted octanol–water partition coefficient (Wildman–Crippen LogP) is 1.17. The molecular formula is C10H12IN3O.